The number of ether oxygens (including phenoxy) is 2. The zero-order valence-corrected chi connectivity index (χ0v) is 21.9. The average Bonchev–Trinajstić information content (AvgIpc) is 3.02. The van der Waals surface area contributed by atoms with Crippen molar-refractivity contribution in [2.45, 2.75) is 63.9 Å². The molecule has 0 spiro atoms. The SMILES string of the molecule is CC(C)OC(=O)[C@H](C)NP(=O)(OC[C@@]1(C)O[C@@H](n2ccc(=S)[nH]c2=O)[C@@H](O)C1O)Oc1ccccc1. The molecule has 2 heterocycles. The first-order valence-corrected chi connectivity index (χ1v) is 13.1. The van der Waals surface area contributed by atoms with Crippen molar-refractivity contribution in [1.82, 2.24) is 14.6 Å². The minimum Gasteiger partial charge on any atom is -0.462 e. The molecule has 1 saturated heterocycles. The highest BCUT2D eigenvalue weighted by atomic mass is 32.1. The highest BCUT2D eigenvalue weighted by Crippen LogP contribution is 2.47. The van der Waals surface area contributed by atoms with Crippen LogP contribution in [0.4, 0.5) is 0 Å². The number of aromatic nitrogens is 2. The Morgan fingerprint density at radius 3 is 2.56 bits per heavy atom. The van der Waals surface area contributed by atoms with Gasteiger partial charge in [-0.1, -0.05) is 30.4 Å². The average molecular weight is 544 g/mol. The van der Waals surface area contributed by atoms with Gasteiger partial charge in [0.15, 0.2) is 6.23 Å². The van der Waals surface area contributed by atoms with Crippen LogP contribution in [-0.2, 0) is 23.4 Å². The van der Waals surface area contributed by atoms with E-state index < -0.39 is 62.2 Å². The number of aliphatic hydroxyl groups is 2. The summed E-state index contributed by atoms with van der Waals surface area (Å²) in [7, 11) is -4.26. The van der Waals surface area contributed by atoms with Crippen molar-refractivity contribution in [3.05, 3.63) is 57.7 Å². The Balaban J connectivity index is 1.81. The first-order valence-electron chi connectivity index (χ1n) is 11.2. The van der Waals surface area contributed by atoms with Crippen molar-refractivity contribution in [3.63, 3.8) is 0 Å². The molecule has 12 nitrogen and oxygen atoms in total. The van der Waals surface area contributed by atoms with Crippen LogP contribution in [-0.4, -0.2) is 62.3 Å². The Hall–Kier alpha value is -2.38. The molecule has 36 heavy (non-hydrogen) atoms. The molecule has 4 N–H and O–H groups in total. The topological polar surface area (TPSA) is 161 Å². The van der Waals surface area contributed by atoms with E-state index in [1.165, 1.54) is 26.1 Å². The van der Waals surface area contributed by atoms with Crippen LogP contribution in [0.2, 0.25) is 0 Å². The normalized spacial score (nSPS) is 26.4. The third-order valence-electron chi connectivity index (χ3n) is 5.30. The second kappa shape index (κ2) is 11.3. The molecular formula is C22H30N3O9PS. The van der Waals surface area contributed by atoms with Crippen LogP contribution in [0.1, 0.15) is 33.9 Å². The second-order valence-corrected chi connectivity index (χ2v) is 10.9. The molecule has 1 aliphatic rings. The van der Waals surface area contributed by atoms with Crippen molar-refractivity contribution >= 4 is 25.9 Å². The Morgan fingerprint density at radius 1 is 1.28 bits per heavy atom. The Bertz CT molecular complexity index is 1220. The predicted molar refractivity (Wildman–Crippen MR) is 131 cm³/mol. The summed E-state index contributed by atoms with van der Waals surface area (Å²) in [6.45, 7) is 5.66. The van der Waals surface area contributed by atoms with Gasteiger partial charge < -0.3 is 24.2 Å². The largest absolute Gasteiger partial charge is 0.462 e. The van der Waals surface area contributed by atoms with Gasteiger partial charge in [-0.25, -0.2) is 9.36 Å². The van der Waals surface area contributed by atoms with E-state index in [9.17, 15) is 24.4 Å². The number of carbonyl (C=O) groups is 1. The number of rotatable bonds is 10. The molecule has 0 aliphatic carbocycles. The summed E-state index contributed by atoms with van der Waals surface area (Å²) >= 11 is 4.92. The van der Waals surface area contributed by atoms with E-state index in [1.54, 1.807) is 44.2 Å². The number of benzene rings is 1. The van der Waals surface area contributed by atoms with Crippen LogP contribution in [0.3, 0.4) is 0 Å². The maximum absolute atomic E-state index is 13.7. The van der Waals surface area contributed by atoms with Gasteiger partial charge in [0, 0.05) is 6.20 Å². The molecule has 0 radical (unpaired) electrons. The number of hydrogen-bond acceptors (Lipinski definition) is 10. The van der Waals surface area contributed by atoms with Crippen molar-refractivity contribution in [1.29, 1.82) is 0 Å². The van der Waals surface area contributed by atoms with E-state index in [1.807, 2.05) is 0 Å². The summed E-state index contributed by atoms with van der Waals surface area (Å²) in [5.41, 5.74) is -2.27. The van der Waals surface area contributed by atoms with E-state index in [0.29, 0.717) is 0 Å². The molecule has 0 amide bonds. The summed E-state index contributed by atoms with van der Waals surface area (Å²) in [4.78, 5) is 27.0. The number of para-hydroxylation sites is 1. The standard InChI is InChI=1S/C22H30N3O9PS/c1-13(2)32-20(28)14(3)24-35(30,34-15-8-6-5-7-9-15)31-12-22(4)18(27)17(26)19(33-22)25-11-10-16(36)23-21(25)29/h5-11,13-14,17-19,26-27H,12H2,1-4H3,(H,24,30)(H,23,29,36)/t14-,17-,18?,19+,22+,35?/m0/s1. The third kappa shape index (κ3) is 6.68. The van der Waals surface area contributed by atoms with Gasteiger partial charge in [-0.2, -0.15) is 5.09 Å². The van der Waals surface area contributed by atoms with Crippen LogP contribution in [0.15, 0.2) is 47.4 Å². The van der Waals surface area contributed by atoms with Crippen molar-refractivity contribution in [2.24, 2.45) is 0 Å². The predicted octanol–water partition coefficient (Wildman–Crippen LogP) is 2.05. The number of esters is 1. The van der Waals surface area contributed by atoms with Crippen LogP contribution < -0.4 is 15.3 Å². The lowest BCUT2D eigenvalue weighted by molar-refractivity contribution is -0.149. The number of aliphatic hydroxyl groups excluding tert-OH is 2. The molecule has 1 aromatic heterocycles. The number of hydrogen-bond donors (Lipinski definition) is 4. The fourth-order valence-electron chi connectivity index (χ4n) is 3.45. The van der Waals surface area contributed by atoms with E-state index in [-0.39, 0.29) is 10.4 Å². The molecule has 14 heteroatoms. The Kier molecular flexibility index (Phi) is 8.88. The van der Waals surface area contributed by atoms with E-state index in [4.69, 9.17) is 30.7 Å². The lowest BCUT2D eigenvalue weighted by Crippen LogP contribution is -2.45. The summed E-state index contributed by atoms with van der Waals surface area (Å²) in [6.07, 6.45) is -3.42. The van der Waals surface area contributed by atoms with Gasteiger partial charge >= 0.3 is 19.4 Å². The van der Waals surface area contributed by atoms with Crippen molar-refractivity contribution in [2.75, 3.05) is 6.61 Å². The van der Waals surface area contributed by atoms with Gasteiger partial charge in [-0.05, 0) is 45.9 Å². The van der Waals surface area contributed by atoms with E-state index >= 15 is 0 Å². The molecule has 0 saturated carbocycles. The Labute approximate surface area is 212 Å². The van der Waals surface area contributed by atoms with Crippen LogP contribution >= 0.6 is 20.0 Å². The lowest BCUT2D eigenvalue weighted by Gasteiger charge is -2.30. The molecule has 2 aromatic rings. The van der Waals surface area contributed by atoms with Crippen molar-refractivity contribution in [3.8, 4) is 5.75 Å². The van der Waals surface area contributed by atoms with Gasteiger partial charge in [-0.15, -0.1) is 0 Å². The van der Waals surface area contributed by atoms with E-state index in [2.05, 4.69) is 10.1 Å². The van der Waals surface area contributed by atoms with Gasteiger partial charge in [0.1, 0.15) is 34.2 Å². The minimum absolute atomic E-state index is 0.186. The summed E-state index contributed by atoms with van der Waals surface area (Å²) < 4.78 is 37.1. The minimum atomic E-state index is -4.26. The maximum atomic E-state index is 13.7. The van der Waals surface area contributed by atoms with Gasteiger partial charge in [0.05, 0.1) is 12.7 Å². The molecular weight excluding hydrogens is 513 g/mol. The van der Waals surface area contributed by atoms with E-state index in [0.717, 1.165) is 4.57 Å². The van der Waals surface area contributed by atoms with Crippen LogP contribution in [0.25, 0.3) is 0 Å². The molecule has 1 aliphatic heterocycles. The van der Waals surface area contributed by atoms with Gasteiger partial charge in [0.2, 0.25) is 0 Å². The van der Waals surface area contributed by atoms with Crippen molar-refractivity contribution < 1.29 is 38.1 Å². The van der Waals surface area contributed by atoms with Gasteiger partial charge in [-0.3, -0.25) is 18.9 Å². The highest BCUT2D eigenvalue weighted by Gasteiger charge is 2.53. The highest BCUT2D eigenvalue weighted by molar-refractivity contribution is 7.71. The number of nitrogens with one attached hydrogen (secondary N) is 2. The van der Waals surface area contributed by atoms with Gasteiger partial charge in [0.25, 0.3) is 0 Å². The maximum Gasteiger partial charge on any atom is 0.459 e. The summed E-state index contributed by atoms with van der Waals surface area (Å²) in [5.74, 6) is -0.482. The summed E-state index contributed by atoms with van der Waals surface area (Å²) in [6, 6.07) is 8.49. The second-order valence-electron chi connectivity index (χ2n) is 8.79. The van der Waals surface area contributed by atoms with Crippen LogP contribution in [0, 0.1) is 4.64 Å². The molecule has 1 fully saturated rings. The molecule has 6 atom stereocenters. The smallest absolute Gasteiger partial charge is 0.459 e. The number of nitrogens with zero attached hydrogens (tertiary/aromatic N) is 1. The first kappa shape index (κ1) is 28.2. The fraction of sp³-hybridized carbons (Fsp3) is 0.500. The molecule has 198 valence electrons. The molecule has 1 aromatic carbocycles. The third-order valence-corrected chi connectivity index (χ3v) is 7.17. The fourth-order valence-corrected chi connectivity index (χ4v) is 5.18. The Morgan fingerprint density at radius 2 is 1.94 bits per heavy atom. The van der Waals surface area contributed by atoms with Crippen LogP contribution in [0.5, 0.6) is 5.75 Å². The number of carbonyl (C=O) groups excluding carboxylic acids is 1. The lowest BCUT2D eigenvalue weighted by atomic mass is 9.99. The molecule has 3 rings (SSSR count). The monoisotopic (exact) mass is 543 g/mol. The summed E-state index contributed by atoms with van der Waals surface area (Å²) in [5, 5.41) is 23.9. The molecule has 0 bridgehead atoms. The number of H-pyrrole nitrogens is 1. The molecule has 2 unspecified atom stereocenters. The zero-order valence-electron chi connectivity index (χ0n) is 20.2. The first-order chi connectivity index (χ1) is 16.8. The number of aromatic amines is 1. The quantitative estimate of drug-likeness (QED) is 0.197. The zero-order chi connectivity index (χ0) is 26.7.